The first-order valence-electron chi connectivity index (χ1n) is 7.65. The summed E-state index contributed by atoms with van der Waals surface area (Å²) in [7, 11) is 0. The second-order valence-electron chi connectivity index (χ2n) is 6.62. The molecule has 0 aliphatic carbocycles. The van der Waals surface area contributed by atoms with E-state index < -0.39 is 11.5 Å². The molecule has 122 valence electrons. The lowest BCUT2D eigenvalue weighted by molar-refractivity contribution is -0.153. The van der Waals surface area contributed by atoms with Crippen molar-refractivity contribution >= 4 is 5.97 Å². The van der Waals surface area contributed by atoms with Crippen LogP contribution < -0.4 is 0 Å². The van der Waals surface area contributed by atoms with Crippen LogP contribution in [0.25, 0.3) is 0 Å². The van der Waals surface area contributed by atoms with E-state index in [4.69, 9.17) is 0 Å². The molecule has 1 fully saturated rings. The van der Waals surface area contributed by atoms with E-state index in [0.717, 1.165) is 5.56 Å². The van der Waals surface area contributed by atoms with Crippen molar-refractivity contribution in [1.82, 2.24) is 4.90 Å². The second-order valence-corrected chi connectivity index (χ2v) is 6.62. The number of halogens is 1. The minimum Gasteiger partial charge on any atom is -0.480 e. The third-order valence-corrected chi connectivity index (χ3v) is 5.17. The molecular formula is C17H24FNO3. The molecular weight excluding hydrogens is 285 g/mol. The fraction of sp³-hybridized carbons (Fsp3) is 0.588. The normalized spacial score (nSPS) is 25.4. The van der Waals surface area contributed by atoms with Gasteiger partial charge in [0.1, 0.15) is 11.4 Å². The molecule has 2 rings (SSSR count). The zero-order valence-corrected chi connectivity index (χ0v) is 13.3. The molecule has 4 nitrogen and oxygen atoms in total. The third kappa shape index (κ3) is 2.88. The van der Waals surface area contributed by atoms with Crippen LogP contribution in [0.5, 0.6) is 0 Å². The van der Waals surface area contributed by atoms with Crippen LogP contribution in [-0.4, -0.2) is 46.3 Å². The maximum atomic E-state index is 13.5. The van der Waals surface area contributed by atoms with Crippen LogP contribution in [-0.2, 0) is 4.79 Å². The largest absolute Gasteiger partial charge is 0.480 e. The van der Waals surface area contributed by atoms with Crippen LogP contribution in [0, 0.1) is 17.7 Å². The molecule has 0 spiro atoms. The maximum absolute atomic E-state index is 13.5. The van der Waals surface area contributed by atoms with Crippen molar-refractivity contribution in [2.75, 3.05) is 19.7 Å². The van der Waals surface area contributed by atoms with E-state index in [1.165, 1.54) is 12.1 Å². The highest BCUT2D eigenvalue weighted by Gasteiger charge is 2.48. The van der Waals surface area contributed by atoms with Crippen molar-refractivity contribution in [3.63, 3.8) is 0 Å². The van der Waals surface area contributed by atoms with Gasteiger partial charge in [-0.05, 0) is 30.5 Å². The molecule has 0 amide bonds. The molecule has 5 heteroatoms. The van der Waals surface area contributed by atoms with Gasteiger partial charge in [0.05, 0.1) is 0 Å². The Bertz CT molecular complexity index is 548. The molecule has 0 bridgehead atoms. The van der Waals surface area contributed by atoms with Gasteiger partial charge in [-0.2, -0.15) is 0 Å². The lowest BCUT2D eigenvalue weighted by Gasteiger charge is -2.38. The summed E-state index contributed by atoms with van der Waals surface area (Å²) in [4.78, 5) is 13.7. The first kappa shape index (κ1) is 16.9. The van der Waals surface area contributed by atoms with E-state index >= 15 is 0 Å². The minimum absolute atomic E-state index is 0.0362. The molecule has 0 radical (unpaired) electrons. The summed E-state index contributed by atoms with van der Waals surface area (Å²) in [5, 5.41) is 19.3. The van der Waals surface area contributed by atoms with Gasteiger partial charge in [-0.15, -0.1) is 0 Å². The Morgan fingerprint density at radius 3 is 2.64 bits per heavy atom. The Labute approximate surface area is 130 Å². The van der Waals surface area contributed by atoms with Crippen LogP contribution in [0.15, 0.2) is 24.3 Å². The Balaban J connectivity index is 2.31. The number of likely N-dealkylation sites (tertiary alicyclic amines) is 1. The summed E-state index contributed by atoms with van der Waals surface area (Å²) in [5.74, 6) is -1.38. The molecule has 1 saturated heterocycles. The van der Waals surface area contributed by atoms with Crippen molar-refractivity contribution in [3.8, 4) is 0 Å². The number of carboxylic acids is 1. The standard InChI is InChI=1S/C17H24FNO3/c1-11(2)17(3,16(21)22)19-8-13(10-20)15(9-19)12-5-4-6-14(18)7-12/h4-7,11,13,15,20H,8-10H2,1-3H3,(H,21,22)/t13?,15?,17-/m1/s1. The highest BCUT2D eigenvalue weighted by molar-refractivity contribution is 5.78. The van der Waals surface area contributed by atoms with Crippen LogP contribution >= 0.6 is 0 Å². The molecule has 2 N–H and O–H groups in total. The predicted molar refractivity (Wildman–Crippen MR) is 82.2 cm³/mol. The summed E-state index contributed by atoms with van der Waals surface area (Å²) < 4.78 is 13.5. The highest BCUT2D eigenvalue weighted by Crippen LogP contribution is 2.38. The first-order chi connectivity index (χ1) is 10.3. The van der Waals surface area contributed by atoms with E-state index in [1.807, 2.05) is 24.8 Å². The van der Waals surface area contributed by atoms with E-state index in [-0.39, 0.29) is 30.2 Å². The Morgan fingerprint density at radius 2 is 2.14 bits per heavy atom. The van der Waals surface area contributed by atoms with Crippen LogP contribution in [0.2, 0.25) is 0 Å². The molecule has 0 aromatic heterocycles. The van der Waals surface area contributed by atoms with Gasteiger partial charge in [-0.1, -0.05) is 26.0 Å². The number of aliphatic hydroxyl groups is 1. The van der Waals surface area contributed by atoms with Crippen molar-refractivity contribution < 1.29 is 19.4 Å². The van der Waals surface area contributed by atoms with Gasteiger partial charge in [0.2, 0.25) is 0 Å². The zero-order chi connectivity index (χ0) is 16.5. The van der Waals surface area contributed by atoms with Crippen molar-refractivity contribution in [1.29, 1.82) is 0 Å². The van der Waals surface area contributed by atoms with E-state index in [1.54, 1.807) is 13.0 Å². The fourth-order valence-electron chi connectivity index (χ4n) is 3.30. The smallest absolute Gasteiger partial charge is 0.324 e. The Kier molecular flexibility index (Phi) is 4.87. The van der Waals surface area contributed by atoms with Gasteiger partial charge in [-0.25, -0.2) is 4.39 Å². The number of carboxylic acid groups (broad SMARTS) is 1. The number of hydrogen-bond donors (Lipinski definition) is 2. The maximum Gasteiger partial charge on any atom is 0.324 e. The van der Waals surface area contributed by atoms with Gasteiger partial charge in [0.15, 0.2) is 0 Å². The number of benzene rings is 1. The zero-order valence-electron chi connectivity index (χ0n) is 13.3. The summed E-state index contributed by atoms with van der Waals surface area (Å²) in [6, 6.07) is 6.36. The van der Waals surface area contributed by atoms with Gasteiger partial charge in [0.25, 0.3) is 0 Å². The van der Waals surface area contributed by atoms with Crippen LogP contribution in [0.1, 0.15) is 32.3 Å². The summed E-state index contributed by atoms with van der Waals surface area (Å²) in [6.07, 6.45) is 0. The molecule has 1 aromatic carbocycles. The number of nitrogens with zero attached hydrogens (tertiary/aromatic N) is 1. The molecule has 0 saturated carbocycles. The van der Waals surface area contributed by atoms with Crippen molar-refractivity contribution in [2.24, 2.45) is 11.8 Å². The minimum atomic E-state index is -0.991. The molecule has 1 aliphatic rings. The number of aliphatic carboxylic acids is 1. The van der Waals surface area contributed by atoms with Gasteiger partial charge in [-0.3, -0.25) is 9.69 Å². The summed E-state index contributed by atoms with van der Waals surface area (Å²) in [5.41, 5.74) is -0.173. The molecule has 22 heavy (non-hydrogen) atoms. The summed E-state index contributed by atoms with van der Waals surface area (Å²) in [6.45, 7) is 6.47. The SMILES string of the molecule is CC(C)[C@](C)(C(=O)O)N1CC(CO)C(c2cccc(F)c2)C1. The number of carbonyl (C=O) groups is 1. The average Bonchev–Trinajstić information content (AvgIpc) is 2.90. The molecule has 1 heterocycles. The van der Waals surface area contributed by atoms with Gasteiger partial charge < -0.3 is 10.2 Å². The molecule has 1 aromatic rings. The fourth-order valence-corrected chi connectivity index (χ4v) is 3.30. The number of hydrogen-bond acceptors (Lipinski definition) is 3. The van der Waals surface area contributed by atoms with Crippen LogP contribution in [0.4, 0.5) is 4.39 Å². The van der Waals surface area contributed by atoms with E-state index in [9.17, 15) is 19.4 Å². The van der Waals surface area contributed by atoms with Gasteiger partial charge >= 0.3 is 5.97 Å². The first-order valence-corrected chi connectivity index (χ1v) is 7.65. The molecule has 3 atom stereocenters. The predicted octanol–water partition coefficient (Wildman–Crippen LogP) is 2.33. The Morgan fingerprint density at radius 1 is 1.45 bits per heavy atom. The Hall–Kier alpha value is -1.46. The third-order valence-electron chi connectivity index (χ3n) is 5.17. The highest BCUT2D eigenvalue weighted by atomic mass is 19.1. The summed E-state index contributed by atoms with van der Waals surface area (Å²) >= 11 is 0. The van der Waals surface area contributed by atoms with E-state index in [0.29, 0.717) is 13.1 Å². The van der Waals surface area contributed by atoms with Crippen LogP contribution in [0.3, 0.4) is 0 Å². The van der Waals surface area contributed by atoms with Gasteiger partial charge in [0, 0.05) is 31.5 Å². The quantitative estimate of drug-likeness (QED) is 0.876. The molecule has 1 aliphatic heterocycles. The second kappa shape index (κ2) is 6.34. The molecule has 2 unspecified atom stereocenters. The average molecular weight is 309 g/mol. The number of aliphatic hydroxyl groups excluding tert-OH is 1. The monoisotopic (exact) mass is 309 g/mol. The number of rotatable bonds is 5. The lowest BCUT2D eigenvalue weighted by atomic mass is 9.86. The van der Waals surface area contributed by atoms with Crippen molar-refractivity contribution in [3.05, 3.63) is 35.6 Å². The lowest BCUT2D eigenvalue weighted by Crippen LogP contribution is -2.55. The van der Waals surface area contributed by atoms with Crippen molar-refractivity contribution in [2.45, 2.75) is 32.2 Å². The van der Waals surface area contributed by atoms with E-state index in [2.05, 4.69) is 0 Å². The topological polar surface area (TPSA) is 60.8 Å².